The van der Waals surface area contributed by atoms with Crippen molar-refractivity contribution in [3.05, 3.63) is 58.9 Å². The fourth-order valence-electron chi connectivity index (χ4n) is 2.40. The molecule has 7 nitrogen and oxygen atoms in total. The Balaban J connectivity index is 1.54. The molecule has 0 aliphatic carbocycles. The van der Waals surface area contributed by atoms with Gasteiger partial charge < -0.3 is 14.5 Å². The van der Waals surface area contributed by atoms with Crippen LogP contribution in [0.4, 0.5) is 5.69 Å². The van der Waals surface area contributed by atoms with E-state index in [-0.39, 0.29) is 29.3 Å². The van der Waals surface area contributed by atoms with Gasteiger partial charge in [-0.15, -0.1) is 22.0 Å². The Labute approximate surface area is 186 Å². The first kappa shape index (κ1) is 22.2. The molecule has 0 aliphatic rings. The molecule has 0 saturated carbocycles. The Morgan fingerprint density at radius 3 is 2.63 bits per heavy atom. The van der Waals surface area contributed by atoms with Crippen molar-refractivity contribution < 1.29 is 18.7 Å². The number of thioether (sulfide) groups is 2. The number of amides is 1. The summed E-state index contributed by atoms with van der Waals surface area (Å²) in [7, 11) is 0. The number of hydrogen-bond donors (Lipinski definition) is 1. The lowest BCUT2D eigenvalue weighted by molar-refractivity contribution is -0.114. The average molecular weight is 464 g/mol. The van der Waals surface area contributed by atoms with Crippen LogP contribution in [0.3, 0.4) is 0 Å². The van der Waals surface area contributed by atoms with Crippen molar-refractivity contribution in [1.29, 1.82) is 0 Å². The quantitative estimate of drug-likeness (QED) is 0.351. The molecule has 1 N–H and O–H groups in total. The van der Waals surface area contributed by atoms with Crippen molar-refractivity contribution in [3.8, 4) is 5.75 Å². The molecular weight excluding hydrogens is 446 g/mol. The van der Waals surface area contributed by atoms with Crippen molar-refractivity contribution in [2.45, 2.75) is 23.6 Å². The van der Waals surface area contributed by atoms with Gasteiger partial charge in [-0.3, -0.25) is 9.59 Å². The topological polar surface area (TPSA) is 94.3 Å². The molecule has 1 amide bonds. The summed E-state index contributed by atoms with van der Waals surface area (Å²) < 4.78 is 11.1. The van der Waals surface area contributed by atoms with Crippen LogP contribution in [0.25, 0.3) is 0 Å². The van der Waals surface area contributed by atoms with Gasteiger partial charge in [0.25, 0.3) is 11.1 Å². The number of Topliss-reactive ketones (excluding diaryl/α,β-unsaturated/α-hetero) is 1. The third-order valence-corrected chi connectivity index (χ3v) is 5.63. The number of carbonyl (C=O) groups excluding carboxylic acids is 2. The van der Waals surface area contributed by atoms with Crippen molar-refractivity contribution in [2.75, 3.05) is 17.3 Å². The SMILES string of the molecule is CSc1cc(C(=O)CSc2nnc(COc3ccc(Cl)cc3)o2)ccc1NC(C)=O. The fraction of sp³-hybridized carbons (Fsp3) is 0.200. The van der Waals surface area contributed by atoms with Crippen molar-refractivity contribution in [3.63, 3.8) is 0 Å². The van der Waals surface area contributed by atoms with Gasteiger partial charge in [-0.25, -0.2) is 0 Å². The molecule has 1 aromatic heterocycles. The number of aromatic nitrogens is 2. The minimum Gasteiger partial charge on any atom is -0.484 e. The minimum atomic E-state index is -0.160. The summed E-state index contributed by atoms with van der Waals surface area (Å²) in [5.74, 6) is 0.847. The first-order valence-corrected chi connectivity index (χ1v) is 11.4. The number of hydrogen-bond acceptors (Lipinski definition) is 8. The second-order valence-corrected chi connectivity index (χ2v) is 8.22. The molecule has 0 atom stereocenters. The van der Waals surface area contributed by atoms with Gasteiger partial charge in [-0.2, -0.15) is 0 Å². The van der Waals surface area contributed by atoms with Gasteiger partial charge in [0.05, 0.1) is 11.4 Å². The molecule has 0 spiro atoms. The molecule has 0 unspecified atom stereocenters. The summed E-state index contributed by atoms with van der Waals surface area (Å²) in [6, 6.07) is 12.1. The highest BCUT2D eigenvalue weighted by Crippen LogP contribution is 2.28. The Bertz CT molecular complexity index is 1040. The summed E-state index contributed by atoms with van der Waals surface area (Å²) in [5.41, 5.74) is 1.23. The largest absolute Gasteiger partial charge is 0.484 e. The standard InChI is InChI=1S/C20H18ClN3O4S2/c1-12(25)22-16-8-3-13(9-18(16)29-2)17(26)11-30-20-24-23-19(28-20)10-27-15-6-4-14(21)5-7-15/h3-9H,10-11H2,1-2H3,(H,22,25). The van der Waals surface area contributed by atoms with Crippen molar-refractivity contribution in [1.82, 2.24) is 10.2 Å². The molecule has 10 heteroatoms. The van der Waals surface area contributed by atoms with Crippen LogP contribution in [-0.2, 0) is 11.4 Å². The predicted octanol–water partition coefficient (Wildman–Crippen LogP) is 4.96. The number of benzene rings is 2. The van der Waals surface area contributed by atoms with E-state index in [1.165, 1.54) is 18.7 Å². The smallest absolute Gasteiger partial charge is 0.277 e. The molecule has 3 rings (SSSR count). The van der Waals surface area contributed by atoms with Crippen LogP contribution in [0.2, 0.25) is 5.02 Å². The van der Waals surface area contributed by atoms with Crippen LogP contribution >= 0.6 is 35.1 Å². The Morgan fingerprint density at radius 2 is 1.93 bits per heavy atom. The van der Waals surface area contributed by atoms with Gasteiger partial charge in [0.15, 0.2) is 12.4 Å². The predicted molar refractivity (Wildman–Crippen MR) is 118 cm³/mol. The van der Waals surface area contributed by atoms with E-state index >= 15 is 0 Å². The Kier molecular flexibility index (Phi) is 7.78. The minimum absolute atomic E-state index is 0.0816. The number of nitrogens with zero attached hydrogens (tertiary/aromatic N) is 2. The van der Waals surface area contributed by atoms with E-state index < -0.39 is 0 Å². The first-order valence-electron chi connectivity index (χ1n) is 8.77. The number of carbonyl (C=O) groups is 2. The maximum Gasteiger partial charge on any atom is 0.277 e. The van der Waals surface area contributed by atoms with Crippen molar-refractivity contribution in [2.24, 2.45) is 0 Å². The van der Waals surface area contributed by atoms with Gasteiger partial charge in [-0.05, 0) is 48.7 Å². The van der Waals surface area contributed by atoms with Crippen LogP contribution in [0.5, 0.6) is 5.75 Å². The van der Waals surface area contributed by atoms with E-state index in [0.29, 0.717) is 27.9 Å². The summed E-state index contributed by atoms with van der Waals surface area (Å²) in [5, 5.41) is 11.5. The molecule has 3 aromatic rings. The molecule has 156 valence electrons. The van der Waals surface area contributed by atoms with Gasteiger partial charge >= 0.3 is 0 Å². The second-order valence-electron chi connectivity index (χ2n) is 6.01. The summed E-state index contributed by atoms with van der Waals surface area (Å²) in [4.78, 5) is 24.6. The van der Waals surface area contributed by atoms with E-state index in [4.69, 9.17) is 20.8 Å². The maximum absolute atomic E-state index is 12.5. The second kappa shape index (κ2) is 10.5. The molecule has 0 saturated heterocycles. The number of ether oxygens (including phenoxy) is 1. The lowest BCUT2D eigenvalue weighted by Crippen LogP contribution is -2.08. The summed E-state index contributed by atoms with van der Waals surface area (Å²) in [6.45, 7) is 1.56. The first-order chi connectivity index (χ1) is 14.4. The Morgan fingerprint density at radius 1 is 1.17 bits per heavy atom. The molecule has 0 aliphatic heterocycles. The third kappa shape index (κ3) is 6.25. The van der Waals surface area contributed by atoms with Gasteiger partial charge in [0.2, 0.25) is 5.91 Å². The zero-order valence-corrected chi connectivity index (χ0v) is 18.6. The molecule has 30 heavy (non-hydrogen) atoms. The Hall–Kier alpha value is -2.49. The number of anilines is 1. The van der Waals surface area contributed by atoms with Crippen LogP contribution in [0.15, 0.2) is 57.0 Å². The van der Waals surface area contributed by atoms with Crippen LogP contribution in [-0.4, -0.2) is 33.9 Å². The maximum atomic E-state index is 12.5. The van der Waals surface area contributed by atoms with E-state index in [9.17, 15) is 9.59 Å². The van der Waals surface area contributed by atoms with E-state index in [0.717, 1.165) is 16.7 Å². The number of halogens is 1. The number of ketones is 1. The van der Waals surface area contributed by atoms with Crippen LogP contribution in [0.1, 0.15) is 23.2 Å². The van der Waals surface area contributed by atoms with Crippen LogP contribution in [0, 0.1) is 0 Å². The fourth-order valence-corrected chi connectivity index (χ4v) is 3.78. The molecule has 0 radical (unpaired) electrons. The monoisotopic (exact) mass is 463 g/mol. The highest BCUT2D eigenvalue weighted by atomic mass is 35.5. The molecular formula is C20H18ClN3O4S2. The lowest BCUT2D eigenvalue weighted by Gasteiger charge is -2.09. The van der Waals surface area contributed by atoms with Gasteiger partial charge in [0, 0.05) is 22.4 Å². The van der Waals surface area contributed by atoms with E-state index in [1.54, 1.807) is 42.5 Å². The number of rotatable bonds is 9. The molecule has 1 heterocycles. The summed E-state index contributed by atoms with van der Waals surface area (Å²) in [6.07, 6.45) is 1.88. The highest BCUT2D eigenvalue weighted by Gasteiger charge is 2.14. The van der Waals surface area contributed by atoms with Gasteiger partial charge in [-0.1, -0.05) is 23.4 Å². The third-order valence-electron chi connectivity index (χ3n) is 3.79. The van der Waals surface area contributed by atoms with E-state index in [1.807, 2.05) is 6.26 Å². The zero-order valence-electron chi connectivity index (χ0n) is 16.2. The van der Waals surface area contributed by atoms with Crippen molar-refractivity contribution >= 4 is 52.5 Å². The molecule has 2 aromatic carbocycles. The zero-order chi connectivity index (χ0) is 21.5. The summed E-state index contributed by atoms with van der Waals surface area (Å²) >= 11 is 8.45. The highest BCUT2D eigenvalue weighted by molar-refractivity contribution is 7.99. The number of nitrogens with one attached hydrogen (secondary N) is 1. The average Bonchev–Trinajstić information content (AvgIpc) is 3.19. The van der Waals surface area contributed by atoms with Gasteiger partial charge in [0.1, 0.15) is 5.75 Å². The van der Waals surface area contributed by atoms with Crippen LogP contribution < -0.4 is 10.1 Å². The lowest BCUT2D eigenvalue weighted by atomic mass is 10.1. The van der Waals surface area contributed by atoms with E-state index in [2.05, 4.69) is 15.5 Å². The molecule has 0 bridgehead atoms. The molecule has 0 fully saturated rings. The normalized spacial score (nSPS) is 10.6.